The van der Waals surface area contributed by atoms with Crippen LogP contribution in [0.1, 0.15) is 18.9 Å². The summed E-state index contributed by atoms with van der Waals surface area (Å²) < 4.78 is 47.1. The van der Waals surface area contributed by atoms with Crippen molar-refractivity contribution in [1.29, 1.82) is 0 Å². The first-order valence-electron chi connectivity index (χ1n) is 9.33. The van der Waals surface area contributed by atoms with Gasteiger partial charge in [0.15, 0.2) is 0 Å². The van der Waals surface area contributed by atoms with Gasteiger partial charge in [0.05, 0.1) is 6.54 Å². The van der Waals surface area contributed by atoms with Crippen LogP contribution in [0.4, 0.5) is 18.0 Å². The molecular formula is C21H21F3N2O4. The number of urea groups is 1. The molecule has 1 N–H and O–H groups in total. The lowest BCUT2D eigenvalue weighted by molar-refractivity contribution is -0.131. The Bertz CT molecular complexity index is 890. The Kier molecular flexibility index (Phi) is 6.49. The number of rotatable bonds is 9. The van der Waals surface area contributed by atoms with Gasteiger partial charge < -0.3 is 14.8 Å². The molecule has 3 amide bonds. The van der Waals surface area contributed by atoms with E-state index in [2.05, 4.69) is 10.1 Å². The zero-order valence-corrected chi connectivity index (χ0v) is 16.2. The maximum atomic E-state index is 12.9. The van der Waals surface area contributed by atoms with E-state index >= 15 is 0 Å². The molecule has 0 spiro atoms. The average Bonchev–Trinajstić information content (AvgIpc) is 2.92. The summed E-state index contributed by atoms with van der Waals surface area (Å²) in [5.41, 5.74) is -0.261. The van der Waals surface area contributed by atoms with Gasteiger partial charge >= 0.3 is 12.6 Å². The molecule has 3 rings (SSSR count). The molecule has 0 saturated carbocycles. The van der Waals surface area contributed by atoms with Gasteiger partial charge in [-0.3, -0.25) is 9.69 Å². The minimum Gasteiger partial charge on any atom is -0.492 e. The molecule has 1 aliphatic heterocycles. The van der Waals surface area contributed by atoms with Crippen LogP contribution in [-0.4, -0.2) is 42.1 Å². The van der Waals surface area contributed by atoms with Crippen LogP contribution in [0.5, 0.6) is 11.5 Å². The summed E-state index contributed by atoms with van der Waals surface area (Å²) in [6.07, 6.45) is 0.791. The number of hydrogen-bond acceptors (Lipinski definition) is 4. The van der Waals surface area contributed by atoms with E-state index in [1.54, 1.807) is 19.1 Å². The number of carbonyl (C=O) groups is 2. The molecule has 1 fully saturated rings. The van der Waals surface area contributed by atoms with E-state index in [1.807, 2.05) is 0 Å². The van der Waals surface area contributed by atoms with Gasteiger partial charge in [-0.2, -0.15) is 8.78 Å². The Labute approximate surface area is 171 Å². The molecule has 1 unspecified atom stereocenters. The molecule has 30 heavy (non-hydrogen) atoms. The zero-order chi connectivity index (χ0) is 21.7. The molecule has 1 atom stereocenters. The van der Waals surface area contributed by atoms with Crippen molar-refractivity contribution in [3.8, 4) is 11.5 Å². The number of benzene rings is 2. The maximum Gasteiger partial charge on any atom is 0.387 e. The van der Waals surface area contributed by atoms with Crippen molar-refractivity contribution < 1.29 is 32.2 Å². The minimum absolute atomic E-state index is 0.0529. The van der Waals surface area contributed by atoms with Crippen molar-refractivity contribution in [3.63, 3.8) is 0 Å². The number of alkyl halides is 2. The molecule has 6 nitrogen and oxygen atoms in total. The first-order valence-corrected chi connectivity index (χ1v) is 9.33. The molecule has 1 saturated heterocycles. The van der Waals surface area contributed by atoms with E-state index < -0.39 is 18.2 Å². The molecule has 2 aromatic rings. The summed E-state index contributed by atoms with van der Waals surface area (Å²) in [6.45, 7) is -1.12. The molecular weight excluding hydrogens is 401 g/mol. The van der Waals surface area contributed by atoms with Crippen molar-refractivity contribution >= 4 is 11.9 Å². The lowest BCUT2D eigenvalue weighted by Crippen LogP contribution is -2.44. The summed E-state index contributed by atoms with van der Waals surface area (Å²) in [5.74, 6) is -0.265. The van der Waals surface area contributed by atoms with Crippen LogP contribution in [0.15, 0.2) is 48.5 Å². The molecule has 0 radical (unpaired) electrons. The van der Waals surface area contributed by atoms with E-state index in [0.29, 0.717) is 18.6 Å². The van der Waals surface area contributed by atoms with Gasteiger partial charge in [-0.05, 0) is 61.7 Å². The molecule has 1 heterocycles. The van der Waals surface area contributed by atoms with Crippen molar-refractivity contribution in [2.45, 2.75) is 31.9 Å². The SMILES string of the molecule is CC1(CCc2ccc(OC(F)F)cc2)NC(=O)N(CCOc2ccc(F)cc2)C1=O. The van der Waals surface area contributed by atoms with Gasteiger partial charge in [-0.1, -0.05) is 12.1 Å². The number of nitrogens with zero attached hydrogens (tertiary/aromatic N) is 1. The minimum atomic E-state index is -2.89. The van der Waals surface area contributed by atoms with E-state index in [9.17, 15) is 22.8 Å². The lowest BCUT2D eigenvalue weighted by Gasteiger charge is -2.21. The van der Waals surface area contributed by atoms with Gasteiger partial charge in [-0.25, -0.2) is 9.18 Å². The van der Waals surface area contributed by atoms with E-state index in [4.69, 9.17) is 4.74 Å². The van der Waals surface area contributed by atoms with Gasteiger partial charge in [-0.15, -0.1) is 0 Å². The Morgan fingerprint density at radius 1 is 1.03 bits per heavy atom. The summed E-state index contributed by atoms with van der Waals surface area (Å²) in [7, 11) is 0. The Hall–Kier alpha value is -3.23. The van der Waals surface area contributed by atoms with Gasteiger partial charge in [0.25, 0.3) is 5.91 Å². The highest BCUT2D eigenvalue weighted by molar-refractivity contribution is 6.06. The first-order chi connectivity index (χ1) is 14.3. The monoisotopic (exact) mass is 422 g/mol. The van der Waals surface area contributed by atoms with Crippen LogP contribution >= 0.6 is 0 Å². The summed E-state index contributed by atoms with van der Waals surface area (Å²) in [5, 5.41) is 2.70. The van der Waals surface area contributed by atoms with E-state index in [0.717, 1.165) is 10.5 Å². The number of imide groups is 1. The third kappa shape index (κ3) is 5.22. The molecule has 160 valence electrons. The van der Waals surface area contributed by atoms with Gasteiger partial charge in [0.2, 0.25) is 0 Å². The van der Waals surface area contributed by atoms with Crippen molar-refractivity contribution in [2.24, 2.45) is 0 Å². The second-order valence-corrected chi connectivity index (χ2v) is 7.04. The predicted octanol–water partition coefficient (Wildman–Crippen LogP) is 3.75. The first kappa shape index (κ1) is 21.5. The zero-order valence-electron chi connectivity index (χ0n) is 16.2. The predicted molar refractivity (Wildman–Crippen MR) is 102 cm³/mol. The van der Waals surface area contributed by atoms with Crippen molar-refractivity contribution in [2.75, 3.05) is 13.2 Å². The number of carbonyl (C=O) groups excluding carboxylic acids is 2. The molecule has 0 aromatic heterocycles. The second-order valence-electron chi connectivity index (χ2n) is 7.04. The van der Waals surface area contributed by atoms with E-state index in [1.165, 1.54) is 36.4 Å². The standard InChI is InChI=1S/C21H21F3N2O4/c1-21(11-10-14-2-6-17(7-3-14)30-19(23)24)18(27)26(20(28)25-21)12-13-29-16-8-4-15(22)5-9-16/h2-9,19H,10-13H2,1H3,(H,25,28). The van der Waals surface area contributed by atoms with Crippen LogP contribution in [0.2, 0.25) is 0 Å². The van der Waals surface area contributed by atoms with Crippen LogP contribution in [-0.2, 0) is 11.2 Å². The summed E-state index contributed by atoms with van der Waals surface area (Å²) in [6, 6.07) is 11.1. The number of ether oxygens (including phenoxy) is 2. The number of halogens is 3. The molecule has 0 aliphatic carbocycles. The average molecular weight is 422 g/mol. The topological polar surface area (TPSA) is 67.9 Å². The Balaban J connectivity index is 1.52. The van der Waals surface area contributed by atoms with E-state index in [-0.39, 0.29) is 30.6 Å². The highest BCUT2D eigenvalue weighted by Gasteiger charge is 2.47. The number of hydrogen-bond donors (Lipinski definition) is 1. The third-order valence-corrected chi connectivity index (χ3v) is 4.80. The van der Waals surface area contributed by atoms with Crippen LogP contribution in [0, 0.1) is 5.82 Å². The van der Waals surface area contributed by atoms with Crippen molar-refractivity contribution in [3.05, 3.63) is 59.9 Å². The Morgan fingerprint density at radius 2 is 1.67 bits per heavy atom. The fraction of sp³-hybridized carbons (Fsp3) is 0.333. The van der Waals surface area contributed by atoms with Crippen LogP contribution in [0.3, 0.4) is 0 Å². The normalized spacial score (nSPS) is 18.6. The summed E-state index contributed by atoms with van der Waals surface area (Å²) >= 11 is 0. The lowest BCUT2D eigenvalue weighted by atomic mass is 9.93. The third-order valence-electron chi connectivity index (χ3n) is 4.80. The highest BCUT2D eigenvalue weighted by Crippen LogP contribution is 2.24. The molecule has 2 aromatic carbocycles. The fourth-order valence-electron chi connectivity index (χ4n) is 3.14. The smallest absolute Gasteiger partial charge is 0.387 e. The Morgan fingerprint density at radius 3 is 2.30 bits per heavy atom. The van der Waals surface area contributed by atoms with Gasteiger partial charge in [0, 0.05) is 0 Å². The highest BCUT2D eigenvalue weighted by atomic mass is 19.3. The number of aryl methyl sites for hydroxylation is 1. The fourth-order valence-corrected chi connectivity index (χ4v) is 3.14. The van der Waals surface area contributed by atoms with Crippen LogP contribution < -0.4 is 14.8 Å². The molecule has 0 bridgehead atoms. The quantitative estimate of drug-likeness (QED) is 0.625. The number of nitrogens with one attached hydrogen (secondary N) is 1. The maximum absolute atomic E-state index is 12.9. The largest absolute Gasteiger partial charge is 0.492 e. The molecule has 9 heteroatoms. The number of amides is 3. The molecule has 1 aliphatic rings. The second kappa shape index (κ2) is 9.06. The van der Waals surface area contributed by atoms with Crippen LogP contribution in [0.25, 0.3) is 0 Å². The van der Waals surface area contributed by atoms with Gasteiger partial charge in [0.1, 0.15) is 29.5 Å². The summed E-state index contributed by atoms with van der Waals surface area (Å²) in [4.78, 5) is 26.1. The van der Waals surface area contributed by atoms with Crippen molar-refractivity contribution in [1.82, 2.24) is 10.2 Å².